The Hall–Kier alpha value is -3.93. The van der Waals surface area contributed by atoms with Gasteiger partial charge in [-0.05, 0) is 24.0 Å². The van der Waals surface area contributed by atoms with Crippen LogP contribution in [0.2, 0.25) is 0 Å². The number of carboxylic acids is 2. The van der Waals surface area contributed by atoms with Crippen molar-refractivity contribution in [2.24, 2.45) is 11.7 Å². The van der Waals surface area contributed by atoms with Crippen LogP contribution in [0.15, 0.2) is 30.5 Å². The molecule has 12 heteroatoms. The van der Waals surface area contributed by atoms with Gasteiger partial charge in [-0.15, -0.1) is 0 Å². The first-order valence-electron chi connectivity index (χ1n) is 11.1. The Balaban J connectivity index is 2.23. The summed E-state index contributed by atoms with van der Waals surface area (Å²) in [5, 5.41) is 26.0. The van der Waals surface area contributed by atoms with Crippen molar-refractivity contribution < 1.29 is 34.2 Å². The molecule has 190 valence electrons. The van der Waals surface area contributed by atoms with Gasteiger partial charge in [-0.1, -0.05) is 32.0 Å². The fraction of sp³-hybridized carbons (Fsp3) is 0.435. The minimum absolute atomic E-state index is 0.0327. The number of aromatic amines is 1. The van der Waals surface area contributed by atoms with Crippen LogP contribution in [0, 0.1) is 5.92 Å². The first kappa shape index (κ1) is 27.3. The van der Waals surface area contributed by atoms with Crippen molar-refractivity contribution in [3.8, 4) is 0 Å². The number of hydrogen-bond donors (Lipinski definition) is 7. The zero-order valence-electron chi connectivity index (χ0n) is 19.5. The third kappa shape index (κ3) is 8.41. The van der Waals surface area contributed by atoms with Crippen molar-refractivity contribution in [2.45, 2.75) is 51.2 Å². The molecule has 0 aliphatic heterocycles. The molecule has 3 unspecified atom stereocenters. The molecule has 0 bridgehead atoms. The van der Waals surface area contributed by atoms with Gasteiger partial charge in [0.25, 0.3) is 0 Å². The Bertz CT molecular complexity index is 1080. The van der Waals surface area contributed by atoms with E-state index in [9.17, 15) is 24.0 Å². The maximum Gasteiger partial charge on any atom is 0.322 e. The maximum absolute atomic E-state index is 13.1. The number of aliphatic carboxylic acids is 2. The van der Waals surface area contributed by atoms with Gasteiger partial charge in [-0.25, -0.2) is 0 Å². The first-order chi connectivity index (χ1) is 16.5. The van der Waals surface area contributed by atoms with E-state index in [4.69, 9.17) is 15.9 Å². The van der Waals surface area contributed by atoms with E-state index in [2.05, 4.69) is 20.9 Å². The maximum atomic E-state index is 13.1. The number of para-hydroxylation sites is 1. The highest BCUT2D eigenvalue weighted by molar-refractivity contribution is 5.95. The predicted molar refractivity (Wildman–Crippen MR) is 126 cm³/mol. The second kappa shape index (κ2) is 12.5. The van der Waals surface area contributed by atoms with Crippen LogP contribution < -0.4 is 21.7 Å². The van der Waals surface area contributed by atoms with Crippen LogP contribution in [0.1, 0.15) is 32.3 Å². The number of carboxylic acid groups (broad SMARTS) is 2. The summed E-state index contributed by atoms with van der Waals surface area (Å²) in [5.74, 6) is -4.72. The second-order valence-electron chi connectivity index (χ2n) is 8.63. The van der Waals surface area contributed by atoms with Crippen molar-refractivity contribution in [1.82, 2.24) is 20.9 Å². The van der Waals surface area contributed by atoms with Gasteiger partial charge in [0.1, 0.15) is 18.6 Å². The molecule has 1 aromatic carbocycles. The fourth-order valence-corrected chi connectivity index (χ4v) is 3.55. The minimum atomic E-state index is -1.35. The second-order valence-corrected chi connectivity index (χ2v) is 8.63. The quantitative estimate of drug-likeness (QED) is 0.199. The lowest BCUT2D eigenvalue weighted by molar-refractivity contribution is -0.140. The van der Waals surface area contributed by atoms with Crippen LogP contribution in [0.5, 0.6) is 0 Å². The summed E-state index contributed by atoms with van der Waals surface area (Å²) < 4.78 is 0. The van der Waals surface area contributed by atoms with Crippen LogP contribution >= 0.6 is 0 Å². The van der Waals surface area contributed by atoms with E-state index >= 15 is 0 Å². The molecule has 3 amide bonds. The number of rotatable bonds is 13. The zero-order valence-corrected chi connectivity index (χ0v) is 19.5. The number of H-pyrrole nitrogens is 1. The Morgan fingerprint density at radius 3 is 2.23 bits per heavy atom. The van der Waals surface area contributed by atoms with E-state index < -0.39 is 60.8 Å². The SMILES string of the molecule is CC(C)CC(NC(=O)C(N)CC(=O)O)C(=O)NC(Cc1c[nH]c2ccccc12)C(=O)NCC(=O)O. The molecular weight excluding hydrogens is 458 g/mol. The number of benzene rings is 1. The van der Waals surface area contributed by atoms with Crippen molar-refractivity contribution in [3.05, 3.63) is 36.0 Å². The summed E-state index contributed by atoms with van der Waals surface area (Å²) in [7, 11) is 0. The number of hydrogen-bond acceptors (Lipinski definition) is 6. The monoisotopic (exact) mass is 489 g/mol. The Labute approximate surface area is 201 Å². The molecule has 2 rings (SSSR count). The molecule has 1 heterocycles. The van der Waals surface area contributed by atoms with E-state index in [0.717, 1.165) is 16.5 Å². The summed E-state index contributed by atoms with van der Waals surface area (Å²) in [5.41, 5.74) is 7.17. The van der Waals surface area contributed by atoms with E-state index in [1.165, 1.54) is 0 Å². The van der Waals surface area contributed by atoms with Crippen molar-refractivity contribution in [1.29, 1.82) is 0 Å². The summed E-state index contributed by atoms with van der Waals surface area (Å²) in [6, 6.07) is 3.80. The van der Waals surface area contributed by atoms with E-state index in [1.807, 2.05) is 38.1 Å². The summed E-state index contributed by atoms with van der Waals surface area (Å²) >= 11 is 0. The molecule has 0 fully saturated rings. The topological polar surface area (TPSA) is 204 Å². The molecule has 3 atom stereocenters. The van der Waals surface area contributed by atoms with Gasteiger partial charge in [0.2, 0.25) is 17.7 Å². The normalized spacial score (nSPS) is 13.6. The molecule has 0 spiro atoms. The highest BCUT2D eigenvalue weighted by atomic mass is 16.4. The molecular formula is C23H31N5O7. The van der Waals surface area contributed by atoms with Crippen molar-refractivity contribution in [3.63, 3.8) is 0 Å². The average Bonchev–Trinajstić information content (AvgIpc) is 3.18. The number of amides is 3. The molecule has 0 radical (unpaired) electrons. The van der Waals surface area contributed by atoms with Crippen LogP contribution in [0.3, 0.4) is 0 Å². The molecule has 0 aliphatic rings. The summed E-state index contributed by atoms with van der Waals surface area (Å²) in [6.07, 6.45) is 1.35. The zero-order chi connectivity index (χ0) is 26.1. The third-order valence-corrected chi connectivity index (χ3v) is 5.22. The van der Waals surface area contributed by atoms with E-state index in [0.29, 0.717) is 0 Å². The molecule has 12 nitrogen and oxygen atoms in total. The van der Waals surface area contributed by atoms with Crippen LogP contribution in [-0.2, 0) is 30.4 Å². The van der Waals surface area contributed by atoms with E-state index in [1.54, 1.807) is 6.20 Å². The molecule has 2 aromatic rings. The van der Waals surface area contributed by atoms with Gasteiger partial charge < -0.3 is 36.9 Å². The highest BCUT2D eigenvalue weighted by Gasteiger charge is 2.30. The Kier molecular flexibility index (Phi) is 9.76. The lowest BCUT2D eigenvalue weighted by atomic mass is 10.0. The number of carbonyl (C=O) groups is 5. The molecule has 0 saturated carbocycles. The molecule has 0 saturated heterocycles. The molecule has 0 aliphatic carbocycles. The van der Waals surface area contributed by atoms with Crippen LogP contribution in [-0.4, -0.2) is 69.5 Å². The van der Waals surface area contributed by atoms with Gasteiger partial charge in [0.15, 0.2) is 0 Å². The lowest BCUT2D eigenvalue weighted by Gasteiger charge is -2.25. The van der Waals surface area contributed by atoms with Gasteiger partial charge in [0, 0.05) is 23.5 Å². The standard InChI is InChI=1S/C23H31N5O7/c1-12(2)7-17(27-21(33)15(24)9-19(29)30)23(35)28-18(22(34)26-11-20(31)32)8-13-10-25-16-6-4-3-5-14(13)16/h3-6,10,12,15,17-18,25H,7-9,11,24H2,1-2H3,(H,26,34)(H,27,33)(H,28,35)(H,29,30)(H,31,32). The minimum Gasteiger partial charge on any atom is -0.481 e. The molecule has 1 aromatic heterocycles. The van der Waals surface area contributed by atoms with Crippen molar-refractivity contribution in [2.75, 3.05) is 6.54 Å². The number of fused-ring (bicyclic) bond motifs is 1. The van der Waals surface area contributed by atoms with Crippen molar-refractivity contribution >= 4 is 40.6 Å². The van der Waals surface area contributed by atoms with Gasteiger partial charge in [-0.3, -0.25) is 24.0 Å². The Morgan fingerprint density at radius 1 is 0.943 bits per heavy atom. The summed E-state index contributed by atoms with van der Waals surface area (Å²) in [6.45, 7) is 3.02. The van der Waals surface area contributed by atoms with Gasteiger partial charge >= 0.3 is 11.9 Å². The lowest BCUT2D eigenvalue weighted by Crippen LogP contribution is -2.57. The van der Waals surface area contributed by atoms with Gasteiger partial charge in [-0.2, -0.15) is 0 Å². The smallest absolute Gasteiger partial charge is 0.322 e. The summed E-state index contributed by atoms with van der Waals surface area (Å²) in [4.78, 5) is 63.1. The molecule has 35 heavy (non-hydrogen) atoms. The van der Waals surface area contributed by atoms with Gasteiger partial charge in [0.05, 0.1) is 12.5 Å². The largest absolute Gasteiger partial charge is 0.481 e. The molecule has 8 N–H and O–H groups in total. The van der Waals surface area contributed by atoms with Crippen LogP contribution in [0.25, 0.3) is 10.9 Å². The number of aromatic nitrogens is 1. The highest BCUT2D eigenvalue weighted by Crippen LogP contribution is 2.19. The number of nitrogens with two attached hydrogens (primary N) is 1. The van der Waals surface area contributed by atoms with E-state index in [-0.39, 0.29) is 18.8 Å². The number of carbonyl (C=O) groups excluding carboxylic acids is 3. The predicted octanol–water partition coefficient (Wildman–Crippen LogP) is -0.271. The average molecular weight is 490 g/mol. The third-order valence-electron chi connectivity index (χ3n) is 5.22. The fourth-order valence-electron chi connectivity index (χ4n) is 3.55. The van der Waals surface area contributed by atoms with Crippen LogP contribution in [0.4, 0.5) is 0 Å². The first-order valence-corrected chi connectivity index (χ1v) is 11.1. The Morgan fingerprint density at radius 2 is 1.60 bits per heavy atom. The number of nitrogens with one attached hydrogen (secondary N) is 4.